The first-order valence-electron chi connectivity index (χ1n) is 5.89. The van der Waals surface area contributed by atoms with Crippen molar-refractivity contribution in [1.29, 1.82) is 0 Å². The van der Waals surface area contributed by atoms with Crippen molar-refractivity contribution >= 4 is 40.5 Å². The topological polar surface area (TPSA) is 84.2 Å². The summed E-state index contributed by atoms with van der Waals surface area (Å²) in [6, 6.07) is 9.93. The Bertz CT molecular complexity index is 706. The maximum atomic E-state index is 13.4. The summed E-state index contributed by atoms with van der Waals surface area (Å²) in [5.41, 5.74) is 6.12. The molecule has 0 saturated heterocycles. The summed E-state index contributed by atoms with van der Waals surface area (Å²) in [6.07, 6.45) is 0. The van der Waals surface area contributed by atoms with E-state index in [1.807, 2.05) is 0 Å². The number of anilines is 3. The second-order valence-electron chi connectivity index (χ2n) is 4.12. The fraction of sp³-hybridized carbons (Fsp3) is 0. The Morgan fingerprint density at radius 3 is 2.38 bits per heavy atom. The first kappa shape index (κ1) is 14.8. The van der Waals surface area contributed by atoms with E-state index in [-0.39, 0.29) is 10.7 Å². The van der Waals surface area contributed by atoms with Crippen LogP contribution in [0.25, 0.3) is 0 Å². The second kappa shape index (κ2) is 6.23. The first-order valence-corrected chi connectivity index (χ1v) is 6.27. The SMILES string of the molecule is Nc1ccc(NC(=O)C(=O)Nc2ccccc2F)cc1Cl. The first-order chi connectivity index (χ1) is 9.97. The van der Waals surface area contributed by atoms with Gasteiger partial charge in [-0.3, -0.25) is 9.59 Å². The number of halogens is 2. The minimum atomic E-state index is -0.993. The van der Waals surface area contributed by atoms with Gasteiger partial charge in [-0.05, 0) is 30.3 Å². The van der Waals surface area contributed by atoms with Crippen LogP contribution in [-0.4, -0.2) is 11.8 Å². The van der Waals surface area contributed by atoms with Crippen LogP contribution in [0.5, 0.6) is 0 Å². The van der Waals surface area contributed by atoms with E-state index in [9.17, 15) is 14.0 Å². The van der Waals surface area contributed by atoms with Gasteiger partial charge in [0, 0.05) is 5.69 Å². The number of rotatable bonds is 2. The molecule has 0 saturated carbocycles. The van der Waals surface area contributed by atoms with E-state index in [0.29, 0.717) is 11.4 Å². The Kier molecular flexibility index (Phi) is 4.39. The third-order valence-electron chi connectivity index (χ3n) is 2.59. The van der Waals surface area contributed by atoms with Crippen LogP contribution in [0.2, 0.25) is 5.02 Å². The van der Waals surface area contributed by atoms with E-state index >= 15 is 0 Å². The predicted molar refractivity (Wildman–Crippen MR) is 79.5 cm³/mol. The van der Waals surface area contributed by atoms with Crippen LogP contribution in [0.3, 0.4) is 0 Å². The molecule has 0 bridgehead atoms. The molecule has 0 aliphatic carbocycles. The zero-order valence-corrected chi connectivity index (χ0v) is 11.4. The van der Waals surface area contributed by atoms with Gasteiger partial charge < -0.3 is 16.4 Å². The molecule has 0 aliphatic rings. The fourth-order valence-electron chi connectivity index (χ4n) is 1.53. The number of para-hydroxylation sites is 1. The van der Waals surface area contributed by atoms with E-state index < -0.39 is 17.6 Å². The number of nitrogens with two attached hydrogens (primary N) is 1. The molecule has 0 aromatic heterocycles. The molecule has 2 amide bonds. The summed E-state index contributed by atoms with van der Waals surface area (Å²) < 4.78 is 13.4. The largest absolute Gasteiger partial charge is 0.398 e. The molecule has 2 aromatic carbocycles. The van der Waals surface area contributed by atoms with Gasteiger partial charge in [-0.1, -0.05) is 23.7 Å². The lowest BCUT2D eigenvalue weighted by molar-refractivity contribution is -0.133. The minimum absolute atomic E-state index is 0.0759. The second-order valence-corrected chi connectivity index (χ2v) is 4.53. The van der Waals surface area contributed by atoms with E-state index in [1.165, 1.54) is 42.5 Å². The van der Waals surface area contributed by atoms with Crippen LogP contribution < -0.4 is 16.4 Å². The maximum absolute atomic E-state index is 13.4. The van der Waals surface area contributed by atoms with Crippen LogP contribution in [0.1, 0.15) is 0 Å². The molecule has 0 spiro atoms. The van der Waals surface area contributed by atoms with Gasteiger partial charge in [0.15, 0.2) is 0 Å². The van der Waals surface area contributed by atoms with Crippen molar-refractivity contribution in [1.82, 2.24) is 0 Å². The molecule has 0 radical (unpaired) electrons. The quantitative estimate of drug-likeness (QED) is 0.589. The van der Waals surface area contributed by atoms with Gasteiger partial charge in [0.05, 0.1) is 16.4 Å². The van der Waals surface area contributed by atoms with Gasteiger partial charge in [0.2, 0.25) is 0 Å². The summed E-state index contributed by atoms with van der Waals surface area (Å²) >= 11 is 5.80. The molecule has 7 heteroatoms. The van der Waals surface area contributed by atoms with Crippen molar-refractivity contribution in [2.75, 3.05) is 16.4 Å². The molecule has 0 aliphatic heterocycles. The normalized spacial score (nSPS) is 10.0. The zero-order chi connectivity index (χ0) is 15.4. The zero-order valence-electron chi connectivity index (χ0n) is 10.7. The summed E-state index contributed by atoms with van der Waals surface area (Å²) in [6.45, 7) is 0. The van der Waals surface area contributed by atoms with Crippen LogP contribution in [0.4, 0.5) is 21.5 Å². The number of nitrogens with one attached hydrogen (secondary N) is 2. The van der Waals surface area contributed by atoms with E-state index in [0.717, 1.165) is 0 Å². The highest BCUT2D eigenvalue weighted by Crippen LogP contribution is 2.22. The highest BCUT2D eigenvalue weighted by molar-refractivity contribution is 6.43. The highest BCUT2D eigenvalue weighted by atomic mass is 35.5. The molecular formula is C14H11ClFN3O2. The summed E-state index contributed by atoms with van der Waals surface area (Å²) in [7, 11) is 0. The molecule has 2 aromatic rings. The molecule has 5 nitrogen and oxygen atoms in total. The van der Waals surface area contributed by atoms with Crippen molar-refractivity contribution in [3.8, 4) is 0 Å². The minimum Gasteiger partial charge on any atom is -0.398 e. The van der Waals surface area contributed by atoms with Gasteiger partial charge in [-0.15, -0.1) is 0 Å². The average Bonchev–Trinajstić information content (AvgIpc) is 2.45. The summed E-state index contributed by atoms with van der Waals surface area (Å²) in [5, 5.41) is 4.76. The van der Waals surface area contributed by atoms with Crippen LogP contribution >= 0.6 is 11.6 Å². The third kappa shape index (κ3) is 3.70. The lowest BCUT2D eigenvalue weighted by Crippen LogP contribution is -2.29. The van der Waals surface area contributed by atoms with Crippen molar-refractivity contribution < 1.29 is 14.0 Å². The van der Waals surface area contributed by atoms with Crippen molar-refractivity contribution in [3.05, 3.63) is 53.3 Å². The molecule has 108 valence electrons. The molecule has 4 N–H and O–H groups in total. The highest BCUT2D eigenvalue weighted by Gasteiger charge is 2.15. The number of hydrogen-bond acceptors (Lipinski definition) is 3. The monoisotopic (exact) mass is 307 g/mol. The van der Waals surface area contributed by atoms with Gasteiger partial charge in [0.25, 0.3) is 0 Å². The molecule has 0 atom stereocenters. The molecule has 0 heterocycles. The Labute approximate surface area is 124 Å². The van der Waals surface area contributed by atoms with Crippen molar-refractivity contribution in [3.63, 3.8) is 0 Å². The van der Waals surface area contributed by atoms with Crippen LogP contribution in [0, 0.1) is 5.82 Å². The van der Waals surface area contributed by atoms with Crippen molar-refractivity contribution in [2.24, 2.45) is 0 Å². The Hall–Kier alpha value is -2.60. The van der Waals surface area contributed by atoms with Crippen molar-refractivity contribution in [2.45, 2.75) is 0 Å². The fourth-order valence-corrected chi connectivity index (χ4v) is 1.71. The van der Waals surface area contributed by atoms with Crippen LogP contribution in [-0.2, 0) is 9.59 Å². The average molecular weight is 308 g/mol. The molecule has 0 unspecified atom stereocenters. The van der Waals surface area contributed by atoms with E-state index in [1.54, 1.807) is 0 Å². The van der Waals surface area contributed by atoms with Crippen LogP contribution in [0.15, 0.2) is 42.5 Å². The number of carbonyl (C=O) groups excluding carboxylic acids is 2. The third-order valence-corrected chi connectivity index (χ3v) is 2.91. The Balaban J connectivity index is 2.04. The van der Waals surface area contributed by atoms with Gasteiger partial charge >= 0.3 is 11.8 Å². The number of carbonyl (C=O) groups is 2. The summed E-state index contributed by atoms with van der Waals surface area (Å²) in [5.74, 6) is -2.57. The number of benzene rings is 2. The maximum Gasteiger partial charge on any atom is 0.314 e. The molecule has 21 heavy (non-hydrogen) atoms. The lowest BCUT2D eigenvalue weighted by atomic mass is 10.2. The Morgan fingerprint density at radius 1 is 1.05 bits per heavy atom. The van der Waals surface area contributed by atoms with Gasteiger partial charge in [0.1, 0.15) is 5.82 Å². The van der Waals surface area contributed by atoms with Gasteiger partial charge in [-0.2, -0.15) is 0 Å². The summed E-state index contributed by atoms with van der Waals surface area (Å²) in [4.78, 5) is 23.4. The number of nitrogen functional groups attached to an aromatic ring is 1. The molecule has 0 fully saturated rings. The van der Waals surface area contributed by atoms with E-state index in [2.05, 4.69) is 10.6 Å². The van der Waals surface area contributed by atoms with Gasteiger partial charge in [-0.25, -0.2) is 4.39 Å². The molecular weight excluding hydrogens is 297 g/mol. The standard InChI is InChI=1S/C14H11ClFN3O2/c15-9-7-8(5-6-11(9)17)18-13(20)14(21)19-12-4-2-1-3-10(12)16/h1-7H,17H2,(H,18,20)(H,19,21). The molecule has 2 rings (SSSR count). The predicted octanol–water partition coefficient (Wildman–Crippen LogP) is 2.64. The Morgan fingerprint density at radius 2 is 1.71 bits per heavy atom. The van der Waals surface area contributed by atoms with E-state index in [4.69, 9.17) is 17.3 Å². The number of hydrogen-bond donors (Lipinski definition) is 3. The number of amides is 2. The smallest absolute Gasteiger partial charge is 0.314 e. The lowest BCUT2D eigenvalue weighted by Gasteiger charge is -2.08.